The van der Waals surface area contributed by atoms with Crippen molar-refractivity contribution in [2.24, 2.45) is 0 Å². The minimum atomic E-state index is 0. The van der Waals surface area contributed by atoms with Crippen molar-refractivity contribution in [1.82, 2.24) is 9.88 Å². The van der Waals surface area contributed by atoms with E-state index in [-0.39, 0.29) is 22.9 Å². The average molecular weight is 410 g/mol. The van der Waals surface area contributed by atoms with Crippen molar-refractivity contribution in [1.29, 1.82) is 0 Å². The molecule has 2 aromatic rings. The van der Waals surface area contributed by atoms with E-state index < -0.39 is 0 Å². The van der Waals surface area contributed by atoms with Crippen LogP contribution in [0, 0.1) is 0 Å². The van der Waals surface area contributed by atoms with Gasteiger partial charge in [0.2, 0.25) is 0 Å². The van der Waals surface area contributed by atoms with Gasteiger partial charge in [0.15, 0.2) is 5.82 Å². The summed E-state index contributed by atoms with van der Waals surface area (Å²) in [7, 11) is 0. The van der Waals surface area contributed by atoms with Crippen LogP contribution in [-0.2, 0) is 0 Å². The van der Waals surface area contributed by atoms with Gasteiger partial charge in [0.05, 0.1) is 10.6 Å². The molecule has 0 aliphatic carbocycles. The van der Waals surface area contributed by atoms with E-state index in [9.17, 15) is 4.79 Å². The Morgan fingerprint density at radius 2 is 1.88 bits per heavy atom. The fourth-order valence-corrected chi connectivity index (χ4v) is 4.83. The molecule has 2 heterocycles. The van der Waals surface area contributed by atoms with Gasteiger partial charge in [-0.1, -0.05) is 56.4 Å². The molecule has 0 radical (unpaired) electrons. The molecule has 0 N–H and O–H groups in total. The fraction of sp³-hybridized carbons (Fsp3) is 0.368. The summed E-state index contributed by atoms with van der Waals surface area (Å²) in [6, 6.07) is 12.0. The standard InChI is InChI=1S/C19H23N3OS2.ClH/c1-4-21(5-2)13-14(3)24-19(23)22-15-9-6-7-10-16(15)25-17-11-8-12-20-18(17)22;/h6-12,14H,4-5,13H2,1-3H3;1H. The van der Waals surface area contributed by atoms with Gasteiger partial charge < -0.3 is 4.90 Å². The summed E-state index contributed by atoms with van der Waals surface area (Å²) in [5, 5.41) is 0.258. The van der Waals surface area contributed by atoms with Crippen molar-refractivity contribution < 1.29 is 4.79 Å². The average Bonchev–Trinajstić information content (AvgIpc) is 2.63. The number of fused-ring (bicyclic) bond motifs is 2. The van der Waals surface area contributed by atoms with Crippen LogP contribution in [0.5, 0.6) is 0 Å². The van der Waals surface area contributed by atoms with Gasteiger partial charge in [-0.15, -0.1) is 12.4 Å². The van der Waals surface area contributed by atoms with Gasteiger partial charge in [-0.2, -0.15) is 0 Å². The molecular formula is C19H24ClN3OS2. The molecule has 1 aliphatic heterocycles. The molecule has 3 rings (SSSR count). The molecule has 26 heavy (non-hydrogen) atoms. The SMILES string of the molecule is CCN(CC)CC(C)SC(=O)N1c2ccccc2Sc2cccnc21.Cl. The van der Waals surface area contributed by atoms with Crippen LogP contribution < -0.4 is 4.90 Å². The van der Waals surface area contributed by atoms with Gasteiger partial charge in [0.25, 0.3) is 5.24 Å². The highest BCUT2D eigenvalue weighted by Gasteiger charge is 2.30. The lowest BCUT2D eigenvalue weighted by atomic mass is 10.3. The number of halogens is 1. The molecule has 0 fully saturated rings. The first-order valence-electron chi connectivity index (χ1n) is 8.59. The summed E-state index contributed by atoms with van der Waals surface area (Å²) in [6.45, 7) is 9.34. The topological polar surface area (TPSA) is 36.4 Å². The van der Waals surface area contributed by atoms with Crippen LogP contribution in [0.3, 0.4) is 0 Å². The number of aromatic nitrogens is 1. The first-order chi connectivity index (χ1) is 12.1. The molecule has 140 valence electrons. The zero-order valence-corrected chi connectivity index (χ0v) is 17.7. The first-order valence-corrected chi connectivity index (χ1v) is 10.3. The van der Waals surface area contributed by atoms with E-state index >= 15 is 0 Å². The third kappa shape index (κ3) is 4.55. The van der Waals surface area contributed by atoms with Gasteiger partial charge in [-0.05, 0) is 37.4 Å². The van der Waals surface area contributed by atoms with E-state index in [1.54, 1.807) is 22.9 Å². The van der Waals surface area contributed by atoms with Gasteiger partial charge in [-0.3, -0.25) is 9.69 Å². The Hall–Kier alpha value is -1.21. The number of rotatable bonds is 5. The smallest absolute Gasteiger partial charge is 0.292 e. The maximum atomic E-state index is 13.1. The lowest BCUT2D eigenvalue weighted by Gasteiger charge is -2.30. The predicted molar refractivity (Wildman–Crippen MR) is 114 cm³/mol. The maximum absolute atomic E-state index is 13.1. The van der Waals surface area contributed by atoms with Crippen molar-refractivity contribution in [2.45, 2.75) is 35.8 Å². The van der Waals surface area contributed by atoms with E-state index in [1.165, 1.54) is 11.8 Å². The second-order valence-corrected chi connectivity index (χ2v) is 8.38. The van der Waals surface area contributed by atoms with Crippen LogP contribution in [0.2, 0.25) is 0 Å². The number of hydrogen-bond acceptors (Lipinski definition) is 5. The molecule has 1 aliphatic rings. The number of benzene rings is 1. The number of nitrogens with zero attached hydrogens (tertiary/aromatic N) is 3. The van der Waals surface area contributed by atoms with Crippen LogP contribution >= 0.6 is 35.9 Å². The van der Waals surface area contributed by atoms with Crippen molar-refractivity contribution in [2.75, 3.05) is 24.5 Å². The molecule has 0 saturated carbocycles. The lowest BCUT2D eigenvalue weighted by Crippen LogP contribution is -2.32. The Morgan fingerprint density at radius 3 is 2.62 bits per heavy atom. The van der Waals surface area contributed by atoms with Crippen LogP contribution in [0.4, 0.5) is 16.3 Å². The molecule has 0 spiro atoms. The Kier molecular flexibility index (Phi) is 7.83. The first kappa shape index (κ1) is 21.1. The van der Waals surface area contributed by atoms with Crippen LogP contribution in [0.1, 0.15) is 20.8 Å². The number of para-hydroxylation sites is 1. The number of pyridine rings is 1. The zero-order chi connectivity index (χ0) is 17.8. The van der Waals surface area contributed by atoms with E-state index in [1.807, 2.05) is 30.3 Å². The third-order valence-corrected chi connectivity index (χ3v) is 6.22. The van der Waals surface area contributed by atoms with Crippen LogP contribution in [0.25, 0.3) is 0 Å². The van der Waals surface area contributed by atoms with E-state index in [0.717, 1.165) is 40.9 Å². The normalized spacial score (nSPS) is 13.6. The number of carbonyl (C=O) groups excluding carboxylic acids is 1. The Balaban J connectivity index is 0.00000243. The van der Waals surface area contributed by atoms with Gasteiger partial charge in [0.1, 0.15) is 0 Å². The summed E-state index contributed by atoms with van der Waals surface area (Å²) >= 11 is 3.05. The molecule has 4 nitrogen and oxygen atoms in total. The summed E-state index contributed by atoms with van der Waals surface area (Å²) in [4.78, 5) is 23.8. The molecule has 1 aromatic heterocycles. The van der Waals surface area contributed by atoms with E-state index in [0.29, 0.717) is 0 Å². The second-order valence-electron chi connectivity index (χ2n) is 5.91. The minimum absolute atomic E-state index is 0. The molecule has 0 saturated heterocycles. The summed E-state index contributed by atoms with van der Waals surface area (Å²) in [6.07, 6.45) is 1.75. The van der Waals surface area contributed by atoms with Gasteiger partial charge >= 0.3 is 0 Å². The molecule has 1 atom stereocenters. The zero-order valence-electron chi connectivity index (χ0n) is 15.2. The Bertz CT molecular complexity index is 710. The predicted octanol–water partition coefficient (Wildman–Crippen LogP) is 5.69. The highest BCUT2D eigenvalue weighted by atomic mass is 35.5. The Morgan fingerprint density at radius 1 is 1.19 bits per heavy atom. The number of thioether (sulfide) groups is 1. The van der Waals surface area contributed by atoms with E-state index in [4.69, 9.17) is 0 Å². The summed E-state index contributed by atoms with van der Waals surface area (Å²) in [5.74, 6) is 0.735. The summed E-state index contributed by atoms with van der Waals surface area (Å²) in [5.41, 5.74) is 0.922. The quantitative estimate of drug-likeness (QED) is 0.633. The maximum Gasteiger partial charge on any atom is 0.292 e. The highest BCUT2D eigenvalue weighted by molar-refractivity contribution is 8.14. The monoisotopic (exact) mass is 409 g/mol. The van der Waals surface area contributed by atoms with Crippen molar-refractivity contribution >= 4 is 52.7 Å². The number of anilines is 2. The highest BCUT2D eigenvalue weighted by Crippen LogP contribution is 2.48. The van der Waals surface area contributed by atoms with Crippen molar-refractivity contribution in [3.8, 4) is 0 Å². The van der Waals surface area contributed by atoms with Crippen molar-refractivity contribution in [3.05, 3.63) is 42.6 Å². The molecule has 1 amide bonds. The fourth-order valence-electron chi connectivity index (χ4n) is 2.88. The molecule has 0 bridgehead atoms. The summed E-state index contributed by atoms with van der Waals surface area (Å²) < 4.78 is 0. The number of hydrogen-bond donors (Lipinski definition) is 0. The molecule has 1 aromatic carbocycles. The molecular weight excluding hydrogens is 386 g/mol. The minimum Gasteiger partial charge on any atom is -0.303 e. The van der Waals surface area contributed by atoms with Crippen LogP contribution in [0.15, 0.2) is 52.4 Å². The number of carbonyl (C=O) groups is 1. The lowest BCUT2D eigenvalue weighted by molar-refractivity contribution is 0.266. The molecule has 7 heteroatoms. The van der Waals surface area contributed by atoms with E-state index in [2.05, 4.69) is 36.7 Å². The van der Waals surface area contributed by atoms with Crippen LogP contribution in [-0.4, -0.2) is 40.0 Å². The second kappa shape index (κ2) is 9.65. The largest absolute Gasteiger partial charge is 0.303 e. The number of amides is 1. The third-order valence-electron chi connectivity index (χ3n) is 4.18. The van der Waals surface area contributed by atoms with Gasteiger partial charge in [-0.25, -0.2) is 4.98 Å². The van der Waals surface area contributed by atoms with Crippen molar-refractivity contribution in [3.63, 3.8) is 0 Å². The molecule has 1 unspecified atom stereocenters. The Labute approximate surface area is 170 Å². The van der Waals surface area contributed by atoms with Gasteiger partial charge in [0, 0.05) is 22.9 Å².